The number of nitrogens with two attached hydrogens (primary N) is 2. The molecule has 0 radical (unpaired) electrons. The van der Waals surface area contributed by atoms with Crippen molar-refractivity contribution in [1.29, 1.82) is 5.41 Å². The fourth-order valence-corrected chi connectivity index (χ4v) is 5.41. The van der Waals surface area contributed by atoms with E-state index in [4.69, 9.17) is 16.9 Å². The number of rotatable bonds is 15. The topological polar surface area (TPSA) is 197 Å². The molecular formula is C32H34F6N6O5S. The van der Waals surface area contributed by atoms with Gasteiger partial charge < -0.3 is 22.1 Å². The van der Waals surface area contributed by atoms with Gasteiger partial charge in [-0.1, -0.05) is 48.5 Å². The normalized spacial score (nSPS) is 13.3. The third-order valence-electron chi connectivity index (χ3n) is 7.38. The van der Waals surface area contributed by atoms with Crippen LogP contribution in [-0.4, -0.2) is 49.8 Å². The fourth-order valence-electron chi connectivity index (χ4n) is 4.62. The van der Waals surface area contributed by atoms with Crippen LogP contribution in [0.5, 0.6) is 0 Å². The van der Waals surface area contributed by atoms with E-state index in [1.54, 1.807) is 24.3 Å². The molecule has 18 heteroatoms. The molecule has 0 aliphatic heterocycles. The Kier molecular flexibility index (Phi) is 12.8. The first-order valence-corrected chi connectivity index (χ1v) is 16.5. The van der Waals surface area contributed by atoms with Crippen molar-refractivity contribution in [2.75, 3.05) is 5.75 Å². The van der Waals surface area contributed by atoms with Gasteiger partial charge in [0, 0.05) is 18.5 Å². The molecule has 0 saturated carbocycles. The third kappa shape index (κ3) is 11.6. The number of halogens is 6. The minimum Gasteiger partial charge on any atom is -0.384 e. The van der Waals surface area contributed by atoms with Crippen LogP contribution in [0.15, 0.2) is 66.7 Å². The van der Waals surface area contributed by atoms with Gasteiger partial charge in [0.05, 0.1) is 16.9 Å². The number of hydrogen-bond acceptors (Lipinski definition) is 6. The van der Waals surface area contributed by atoms with Gasteiger partial charge in [-0.3, -0.25) is 19.8 Å². The number of amidine groups is 1. The van der Waals surface area contributed by atoms with E-state index < -0.39 is 69.1 Å². The summed E-state index contributed by atoms with van der Waals surface area (Å²) in [5.41, 5.74) is 8.61. The van der Waals surface area contributed by atoms with Gasteiger partial charge in [-0.05, 0) is 60.2 Å². The van der Waals surface area contributed by atoms with Gasteiger partial charge >= 0.3 is 12.4 Å². The Morgan fingerprint density at radius 3 is 1.80 bits per heavy atom. The van der Waals surface area contributed by atoms with E-state index in [9.17, 15) is 49.1 Å². The Bertz CT molecular complexity index is 1780. The molecule has 3 aromatic rings. The van der Waals surface area contributed by atoms with Crippen molar-refractivity contribution < 1.29 is 49.1 Å². The second-order valence-corrected chi connectivity index (χ2v) is 13.2. The molecule has 270 valence electrons. The molecule has 0 spiro atoms. The maximum Gasteiger partial charge on any atom is 0.416 e. The number of nitrogen functional groups attached to an aromatic ring is 1. The number of benzene rings is 3. The average Bonchev–Trinajstić information content (AvgIpc) is 3.04. The van der Waals surface area contributed by atoms with Crippen molar-refractivity contribution in [3.8, 4) is 11.1 Å². The second kappa shape index (κ2) is 16.2. The summed E-state index contributed by atoms with van der Waals surface area (Å²) in [6.45, 7) is 1.29. The molecule has 3 amide bonds. The number of alkyl halides is 6. The largest absolute Gasteiger partial charge is 0.416 e. The van der Waals surface area contributed by atoms with E-state index in [1.165, 1.54) is 31.2 Å². The van der Waals surface area contributed by atoms with Crippen LogP contribution in [0.2, 0.25) is 0 Å². The highest BCUT2D eigenvalue weighted by atomic mass is 32.2. The van der Waals surface area contributed by atoms with Crippen molar-refractivity contribution in [1.82, 2.24) is 15.4 Å². The van der Waals surface area contributed by atoms with Crippen molar-refractivity contribution in [3.05, 3.63) is 94.5 Å². The van der Waals surface area contributed by atoms with Crippen LogP contribution >= 0.6 is 0 Å². The molecule has 3 rings (SSSR count). The van der Waals surface area contributed by atoms with Gasteiger partial charge in [0.1, 0.15) is 17.9 Å². The molecule has 0 heterocycles. The summed E-state index contributed by atoms with van der Waals surface area (Å²) in [7, 11) is -4.03. The highest BCUT2D eigenvalue weighted by molar-refractivity contribution is 7.89. The molecule has 0 bridgehead atoms. The van der Waals surface area contributed by atoms with E-state index in [1.807, 2.05) is 0 Å². The van der Waals surface area contributed by atoms with Gasteiger partial charge in [-0.15, -0.1) is 0 Å². The van der Waals surface area contributed by atoms with Gasteiger partial charge in [0.15, 0.2) is 0 Å². The van der Waals surface area contributed by atoms with Crippen LogP contribution in [0.1, 0.15) is 47.6 Å². The number of amides is 3. The Morgan fingerprint density at radius 2 is 1.32 bits per heavy atom. The molecule has 0 fully saturated rings. The van der Waals surface area contributed by atoms with Crippen LogP contribution in [0, 0.1) is 5.41 Å². The highest BCUT2D eigenvalue weighted by Gasteiger charge is 2.37. The summed E-state index contributed by atoms with van der Waals surface area (Å²) in [6.07, 6.45) is -11.0. The first-order valence-electron chi connectivity index (χ1n) is 14.9. The second-order valence-electron chi connectivity index (χ2n) is 11.2. The smallest absolute Gasteiger partial charge is 0.384 e. The summed E-state index contributed by atoms with van der Waals surface area (Å²) < 4.78 is 107. The SMILES string of the molecule is CCS(=O)(=O)N[C@H](Cc1ccc(-c2cc(C(F)(F)F)cc(C(F)(F)F)c2)cc1)C(=O)N[C@@H](CCC(N)=O)C(=O)NCc1ccc(C(=N)N)cc1. The molecule has 8 N–H and O–H groups in total. The lowest BCUT2D eigenvalue weighted by Gasteiger charge is -2.23. The van der Waals surface area contributed by atoms with Gasteiger partial charge in [-0.2, -0.15) is 26.3 Å². The molecule has 50 heavy (non-hydrogen) atoms. The fraction of sp³-hybridized carbons (Fsp3) is 0.312. The van der Waals surface area contributed by atoms with E-state index in [0.29, 0.717) is 23.3 Å². The van der Waals surface area contributed by atoms with Crippen molar-refractivity contribution in [3.63, 3.8) is 0 Å². The van der Waals surface area contributed by atoms with Gasteiger partial charge in [0.2, 0.25) is 27.7 Å². The Balaban J connectivity index is 1.85. The van der Waals surface area contributed by atoms with E-state index in [0.717, 1.165) is 0 Å². The molecule has 11 nitrogen and oxygen atoms in total. The maximum absolute atomic E-state index is 13.4. The summed E-state index contributed by atoms with van der Waals surface area (Å²) >= 11 is 0. The average molecular weight is 729 g/mol. The predicted octanol–water partition coefficient (Wildman–Crippen LogP) is 3.59. The van der Waals surface area contributed by atoms with Crippen LogP contribution in [-0.2, 0) is 49.7 Å². The van der Waals surface area contributed by atoms with Crippen molar-refractivity contribution >= 4 is 33.6 Å². The molecule has 0 unspecified atom stereocenters. The van der Waals surface area contributed by atoms with E-state index in [2.05, 4.69) is 15.4 Å². The Labute approximate surface area is 283 Å². The van der Waals surface area contributed by atoms with E-state index >= 15 is 0 Å². The number of sulfonamides is 1. The van der Waals surface area contributed by atoms with Crippen LogP contribution in [0.3, 0.4) is 0 Å². The Hall–Kier alpha value is -4.97. The number of primary amides is 1. The lowest BCUT2D eigenvalue weighted by atomic mass is 9.97. The molecule has 0 saturated heterocycles. The number of nitrogens with one attached hydrogen (secondary N) is 4. The maximum atomic E-state index is 13.4. The number of hydrogen-bond donors (Lipinski definition) is 6. The number of carbonyl (C=O) groups is 3. The minimum absolute atomic E-state index is 0.00471. The van der Waals surface area contributed by atoms with Gasteiger partial charge in [0.25, 0.3) is 0 Å². The Morgan fingerprint density at radius 1 is 0.780 bits per heavy atom. The molecule has 0 aliphatic carbocycles. The molecule has 3 aromatic carbocycles. The zero-order valence-corrected chi connectivity index (χ0v) is 27.2. The van der Waals surface area contributed by atoms with Crippen molar-refractivity contribution in [2.24, 2.45) is 11.5 Å². The molecular weight excluding hydrogens is 694 g/mol. The molecule has 0 aliphatic rings. The van der Waals surface area contributed by atoms with E-state index in [-0.39, 0.29) is 54.4 Å². The lowest BCUT2D eigenvalue weighted by Crippen LogP contribution is -2.54. The third-order valence-corrected chi connectivity index (χ3v) is 8.78. The lowest BCUT2D eigenvalue weighted by molar-refractivity contribution is -0.143. The number of carbonyl (C=O) groups excluding carboxylic acids is 3. The quantitative estimate of drug-likeness (QED) is 0.0786. The first kappa shape index (κ1) is 39.5. The highest BCUT2D eigenvalue weighted by Crippen LogP contribution is 2.38. The molecule has 0 aromatic heterocycles. The summed E-state index contributed by atoms with van der Waals surface area (Å²) in [5.74, 6) is -3.05. The monoisotopic (exact) mass is 728 g/mol. The standard InChI is InChI=1S/C32H34F6N6O5S/c1-2-50(48,49)44-26(13-18-3-7-20(8-4-18)22-14-23(31(33,34)35)16-24(15-22)32(36,37)38)30(47)43-25(11-12-27(39)45)29(46)42-17-19-5-9-21(10-6-19)28(40)41/h3-10,14-16,25-26,44H,2,11-13,17H2,1H3,(H2,39,45)(H3,40,41)(H,42,46)(H,43,47)/t25-,26+/m0/s1. The van der Waals surface area contributed by atoms with Gasteiger partial charge in [-0.25, -0.2) is 13.1 Å². The summed E-state index contributed by atoms with van der Waals surface area (Å²) in [4.78, 5) is 38.0. The van der Waals surface area contributed by atoms with Crippen molar-refractivity contribution in [2.45, 2.75) is 57.2 Å². The first-order chi connectivity index (χ1) is 23.2. The zero-order valence-electron chi connectivity index (χ0n) is 26.4. The predicted molar refractivity (Wildman–Crippen MR) is 172 cm³/mol. The van der Waals surface area contributed by atoms with Crippen LogP contribution < -0.4 is 26.8 Å². The summed E-state index contributed by atoms with van der Waals surface area (Å²) in [6, 6.07) is 9.66. The van der Waals surface area contributed by atoms with Crippen LogP contribution in [0.4, 0.5) is 26.3 Å². The minimum atomic E-state index is -5.05. The molecule has 2 atom stereocenters. The van der Waals surface area contributed by atoms with Crippen LogP contribution in [0.25, 0.3) is 11.1 Å². The summed E-state index contributed by atoms with van der Waals surface area (Å²) in [5, 5.41) is 12.5. The zero-order chi connectivity index (χ0) is 37.4.